The lowest BCUT2D eigenvalue weighted by molar-refractivity contribution is 0.632. The summed E-state index contributed by atoms with van der Waals surface area (Å²) in [5.41, 5.74) is 0. The van der Waals surface area contributed by atoms with Gasteiger partial charge in [-0.3, -0.25) is 0 Å². The molecule has 0 aromatic heterocycles. The van der Waals surface area contributed by atoms with Crippen molar-refractivity contribution in [2.24, 2.45) is 5.92 Å². The van der Waals surface area contributed by atoms with Crippen LogP contribution < -0.4 is 0 Å². The number of nitriles is 1. The Bertz CT molecular complexity index is 93.6. The van der Waals surface area contributed by atoms with Crippen LogP contribution in [-0.2, 0) is 0 Å². The van der Waals surface area contributed by atoms with Gasteiger partial charge in [-0.1, -0.05) is 13.8 Å². The molecule has 0 amide bonds. The number of nitrogens with zero attached hydrogens (tertiary/aromatic N) is 1. The van der Waals surface area contributed by atoms with Gasteiger partial charge >= 0.3 is 0 Å². The molecule has 0 atom stereocenters. The van der Waals surface area contributed by atoms with Crippen LogP contribution in [0.25, 0.3) is 0 Å². The minimum atomic E-state index is 0.646. The average molecular weight is 143 g/mol. The Balaban J connectivity index is 2.85. The van der Waals surface area contributed by atoms with Crippen molar-refractivity contribution in [1.82, 2.24) is 0 Å². The second-order valence-corrected chi connectivity index (χ2v) is 3.50. The van der Waals surface area contributed by atoms with Crippen molar-refractivity contribution >= 4 is 11.8 Å². The van der Waals surface area contributed by atoms with E-state index in [9.17, 15) is 0 Å². The van der Waals surface area contributed by atoms with E-state index < -0.39 is 0 Å². The van der Waals surface area contributed by atoms with Crippen molar-refractivity contribution in [1.29, 1.82) is 5.26 Å². The van der Waals surface area contributed by atoms with Gasteiger partial charge < -0.3 is 0 Å². The smallest absolute Gasteiger partial charge is 0.0808 e. The van der Waals surface area contributed by atoms with Gasteiger partial charge in [-0.05, 0) is 18.1 Å². The van der Waals surface area contributed by atoms with Crippen LogP contribution in [-0.4, -0.2) is 11.5 Å². The number of hydrogen-bond acceptors (Lipinski definition) is 2. The molecule has 52 valence electrons. The van der Waals surface area contributed by atoms with E-state index in [1.165, 1.54) is 6.42 Å². The van der Waals surface area contributed by atoms with Gasteiger partial charge in [0.2, 0.25) is 0 Å². The van der Waals surface area contributed by atoms with Crippen LogP contribution >= 0.6 is 11.8 Å². The molecule has 0 spiro atoms. The average Bonchev–Trinajstić information content (AvgIpc) is 1.80. The Hall–Kier alpha value is -0.160. The van der Waals surface area contributed by atoms with E-state index in [2.05, 4.69) is 19.9 Å². The fourth-order valence-corrected chi connectivity index (χ4v) is 1.31. The van der Waals surface area contributed by atoms with Crippen molar-refractivity contribution in [2.45, 2.75) is 20.3 Å². The highest BCUT2D eigenvalue weighted by Crippen LogP contribution is 2.07. The lowest BCUT2D eigenvalue weighted by Gasteiger charge is -2.00. The quantitative estimate of drug-likeness (QED) is 0.564. The third-order valence-corrected chi connectivity index (χ3v) is 1.86. The van der Waals surface area contributed by atoms with Crippen LogP contribution in [0.3, 0.4) is 0 Å². The van der Waals surface area contributed by atoms with E-state index in [4.69, 9.17) is 5.26 Å². The predicted molar refractivity (Wildman–Crippen MR) is 42.4 cm³/mol. The van der Waals surface area contributed by atoms with Gasteiger partial charge in [0.05, 0.1) is 11.8 Å². The topological polar surface area (TPSA) is 23.8 Å². The van der Waals surface area contributed by atoms with E-state index in [0.717, 1.165) is 11.7 Å². The summed E-state index contributed by atoms with van der Waals surface area (Å²) in [6.07, 6.45) is 1.23. The highest BCUT2D eigenvalue weighted by molar-refractivity contribution is 7.99. The summed E-state index contributed by atoms with van der Waals surface area (Å²) < 4.78 is 0. The van der Waals surface area contributed by atoms with Gasteiger partial charge in [0.25, 0.3) is 0 Å². The maximum atomic E-state index is 8.16. The fourth-order valence-electron chi connectivity index (χ4n) is 0.437. The first-order valence-electron chi connectivity index (χ1n) is 3.22. The molecular formula is C7H13NS. The zero-order valence-corrected chi connectivity index (χ0v) is 6.87. The first kappa shape index (κ1) is 8.84. The Morgan fingerprint density at radius 2 is 2.22 bits per heavy atom. The van der Waals surface area contributed by atoms with Crippen molar-refractivity contribution in [2.75, 3.05) is 11.5 Å². The van der Waals surface area contributed by atoms with Crippen molar-refractivity contribution in [3.05, 3.63) is 0 Å². The molecule has 0 saturated heterocycles. The molecule has 0 aliphatic rings. The SMILES string of the molecule is CC(C)CCSCC#N. The number of thioether (sulfide) groups is 1. The van der Waals surface area contributed by atoms with Crippen molar-refractivity contribution < 1.29 is 0 Å². The first-order chi connectivity index (χ1) is 4.27. The lowest BCUT2D eigenvalue weighted by atomic mass is 10.2. The van der Waals surface area contributed by atoms with Gasteiger partial charge in [0.1, 0.15) is 0 Å². The minimum Gasteiger partial charge on any atom is -0.197 e. The maximum absolute atomic E-state index is 8.16. The predicted octanol–water partition coefficient (Wildman–Crippen LogP) is 2.29. The summed E-state index contributed by atoms with van der Waals surface area (Å²) in [4.78, 5) is 0. The van der Waals surface area contributed by atoms with Gasteiger partial charge in [0.15, 0.2) is 0 Å². The van der Waals surface area contributed by atoms with Gasteiger partial charge in [-0.25, -0.2) is 0 Å². The summed E-state index contributed by atoms with van der Waals surface area (Å²) in [5, 5.41) is 8.16. The monoisotopic (exact) mass is 143 g/mol. The van der Waals surface area contributed by atoms with Crippen LogP contribution in [0.4, 0.5) is 0 Å². The summed E-state index contributed by atoms with van der Waals surface area (Å²) in [5.74, 6) is 2.55. The van der Waals surface area contributed by atoms with E-state index in [0.29, 0.717) is 5.75 Å². The summed E-state index contributed by atoms with van der Waals surface area (Å²) in [6.45, 7) is 4.40. The molecule has 0 rings (SSSR count). The van der Waals surface area contributed by atoms with Gasteiger partial charge in [-0.2, -0.15) is 5.26 Å². The fraction of sp³-hybridized carbons (Fsp3) is 0.857. The third kappa shape index (κ3) is 7.84. The van der Waals surface area contributed by atoms with E-state index >= 15 is 0 Å². The second-order valence-electron chi connectivity index (χ2n) is 2.39. The third-order valence-electron chi connectivity index (χ3n) is 1.01. The molecule has 0 aliphatic heterocycles. The molecule has 2 heteroatoms. The zero-order valence-electron chi connectivity index (χ0n) is 6.05. The molecule has 0 aliphatic carbocycles. The summed E-state index contributed by atoms with van der Waals surface area (Å²) in [7, 11) is 0. The zero-order chi connectivity index (χ0) is 7.11. The molecule has 0 N–H and O–H groups in total. The van der Waals surface area contributed by atoms with Crippen LogP contribution in [0, 0.1) is 17.2 Å². The van der Waals surface area contributed by atoms with Crippen molar-refractivity contribution in [3.63, 3.8) is 0 Å². The molecule has 0 saturated carbocycles. The second kappa shape index (κ2) is 5.97. The molecular weight excluding hydrogens is 130 g/mol. The molecule has 0 bridgehead atoms. The summed E-state index contributed by atoms with van der Waals surface area (Å²) in [6, 6.07) is 2.10. The normalized spacial score (nSPS) is 9.56. The van der Waals surface area contributed by atoms with Crippen LogP contribution in [0.1, 0.15) is 20.3 Å². The maximum Gasteiger partial charge on any atom is 0.0808 e. The van der Waals surface area contributed by atoms with Crippen LogP contribution in [0.15, 0.2) is 0 Å². The molecule has 0 unspecified atom stereocenters. The largest absolute Gasteiger partial charge is 0.197 e. The number of rotatable bonds is 4. The van der Waals surface area contributed by atoms with Gasteiger partial charge in [-0.15, -0.1) is 11.8 Å². The van der Waals surface area contributed by atoms with Crippen molar-refractivity contribution in [3.8, 4) is 6.07 Å². The molecule has 1 nitrogen and oxygen atoms in total. The Labute approximate surface area is 61.4 Å². The Kier molecular flexibility index (Phi) is 5.86. The highest BCUT2D eigenvalue weighted by Gasteiger charge is 1.92. The number of hydrogen-bond donors (Lipinski definition) is 0. The van der Waals surface area contributed by atoms with Crippen LogP contribution in [0.5, 0.6) is 0 Å². The van der Waals surface area contributed by atoms with E-state index in [1.54, 1.807) is 11.8 Å². The minimum absolute atomic E-state index is 0.646. The Morgan fingerprint density at radius 1 is 1.56 bits per heavy atom. The first-order valence-corrected chi connectivity index (χ1v) is 4.37. The Morgan fingerprint density at radius 3 is 2.67 bits per heavy atom. The molecule has 0 radical (unpaired) electrons. The van der Waals surface area contributed by atoms with E-state index in [-0.39, 0.29) is 0 Å². The van der Waals surface area contributed by atoms with Crippen LogP contribution in [0.2, 0.25) is 0 Å². The van der Waals surface area contributed by atoms with Gasteiger partial charge in [0, 0.05) is 0 Å². The molecule has 0 aromatic carbocycles. The molecule has 0 heterocycles. The molecule has 0 fully saturated rings. The molecule has 0 aromatic rings. The highest BCUT2D eigenvalue weighted by atomic mass is 32.2. The standard InChI is InChI=1S/C7H13NS/c1-7(2)3-5-9-6-4-8/h7H,3,5-6H2,1-2H3. The van der Waals surface area contributed by atoms with E-state index in [1.807, 2.05) is 0 Å². The lowest BCUT2D eigenvalue weighted by Crippen LogP contribution is -1.89. The molecule has 9 heavy (non-hydrogen) atoms. The summed E-state index contributed by atoms with van der Waals surface area (Å²) >= 11 is 1.72.